The van der Waals surface area contributed by atoms with Gasteiger partial charge in [-0.2, -0.15) is 0 Å². The average Bonchev–Trinajstić information content (AvgIpc) is 2.95. The van der Waals surface area contributed by atoms with Gasteiger partial charge in [0.15, 0.2) is 11.5 Å². The Bertz CT molecular complexity index is 994. The van der Waals surface area contributed by atoms with Gasteiger partial charge in [0.1, 0.15) is 5.70 Å². The summed E-state index contributed by atoms with van der Waals surface area (Å²) in [5.74, 6) is 0.431. The van der Waals surface area contributed by atoms with Crippen molar-refractivity contribution in [1.82, 2.24) is 4.90 Å². The number of benzene rings is 2. The number of carbonyl (C=O) groups is 2. The van der Waals surface area contributed by atoms with Crippen molar-refractivity contribution in [2.75, 3.05) is 26.1 Å². The smallest absolute Gasteiger partial charge is 0.278 e. The molecule has 0 saturated heterocycles. The number of hydrogen-bond acceptors (Lipinski definition) is 5. The Morgan fingerprint density at radius 2 is 1.69 bits per heavy atom. The number of carbonyl (C=O) groups excluding carboxylic acids is 2. The van der Waals surface area contributed by atoms with Gasteiger partial charge >= 0.3 is 0 Å². The SMILES string of the molecule is CCCN1C(=O)C(Nc2cccc(C)c2C)=C(c2ccc(OC)c(OC)c2)C1=O. The van der Waals surface area contributed by atoms with Crippen LogP contribution in [0.25, 0.3) is 5.57 Å². The van der Waals surface area contributed by atoms with Gasteiger partial charge in [0.25, 0.3) is 11.8 Å². The van der Waals surface area contributed by atoms with Crippen LogP contribution in [0.4, 0.5) is 5.69 Å². The highest BCUT2D eigenvalue weighted by Crippen LogP contribution is 2.36. The Morgan fingerprint density at radius 3 is 2.34 bits per heavy atom. The molecule has 0 fully saturated rings. The van der Waals surface area contributed by atoms with Gasteiger partial charge in [0.2, 0.25) is 0 Å². The van der Waals surface area contributed by atoms with Gasteiger partial charge in [-0.1, -0.05) is 25.1 Å². The Kier molecular flexibility index (Phi) is 5.92. The minimum Gasteiger partial charge on any atom is -0.493 e. The van der Waals surface area contributed by atoms with E-state index >= 15 is 0 Å². The van der Waals surface area contributed by atoms with Crippen LogP contribution in [-0.2, 0) is 9.59 Å². The number of amides is 2. The van der Waals surface area contributed by atoms with E-state index in [9.17, 15) is 9.59 Å². The normalized spacial score (nSPS) is 13.9. The molecule has 0 spiro atoms. The van der Waals surface area contributed by atoms with Crippen LogP contribution in [0.2, 0.25) is 0 Å². The standard InChI is InChI=1S/C23H26N2O4/c1-6-12-25-22(26)20(16-10-11-18(28-4)19(13-16)29-5)21(23(25)27)24-17-9-7-8-14(2)15(17)3/h7-11,13,24H,6,12H2,1-5H3. The fourth-order valence-corrected chi connectivity index (χ4v) is 3.40. The number of nitrogens with zero attached hydrogens (tertiary/aromatic N) is 1. The lowest BCUT2D eigenvalue weighted by Crippen LogP contribution is -2.33. The van der Waals surface area contributed by atoms with Crippen molar-refractivity contribution < 1.29 is 19.1 Å². The van der Waals surface area contributed by atoms with Crippen LogP contribution >= 0.6 is 0 Å². The maximum Gasteiger partial charge on any atom is 0.278 e. The highest BCUT2D eigenvalue weighted by molar-refractivity contribution is 6.36. The molecule has 2 amide bonds. The molecule has 0 saturated carbocycles. The summed E-state index contributed by atoms with van der Waals surface area (Å²) in [7, 11) is 3.09. The molecule has 0 aliphatic carbocycles. The molecule has 0 aromatic heterocycles. The molecule has 1 aliphatic heterocycles. The second kappa shape index (κ2) is 8.39. The molecule has 0 unspecified atom stereocenters. The Hall–Kier alpha value is -3.28. The summed E-state index contributed by atoms with van der Waals surface area (Å²) >= 11 is 0. The summed E-state index contributed by atoms with van der Waals surface area (Å²) in [6.45, 7) is 6.30. The van der Waals surface area contributed by atoms with Crippen molar-refractivity contribution in [3.05, 3.63) is 58.8 Å². The van der Waals surface area contributed by atoms with E-state index in [2.05, 4.69) is 5.32 Å². The van der Waals surface area contributed by atoms with Gasteiger partial charge in [-0.3, -0.25) is 14.5 Å². The van der Waals surface area contributed by atoms with E-state index in [-0.39, 0.29) is 17.5 Å². The van der Waals surface area contributed by atoms with Crippen molar-refractivity contribution >= 4 is 23.1 Å². The van der Waals surface area contributed by atoms with E-state index < -0.39 is 0 Å². The highest BCUT2D eigenvalue weighted by atomic mass is 16.5. The van der Waals surface area contributed by atoms with Gasteiger partial charge in [0.05, 0.1) is 19.8 Å². The Labute approximate surface area is 171 Å². The summed E-state index contributed by atoms with van der Waals surface area (Å²) in [6, 6.07) is 11.1. The molecule has 3 rings (SSSR count). The summed E-state index contributed by atoms with van der Waals surface area (Å²) in [6.07, 6.45) is 0.688. The molecule has 6 nitrogen and oxygen atoms in total. The zero-order chi connectivity index (χ0) is 21.1. The number of methoxy groups -OCH3 is 2. The van der Waals surface area contributed by atoms with Gasteiger partial charge in [-0.05, 0) is 55.2 Å². The minimum absolute atomic E-state index is 0.282. The first-order chi connectivity index (χ1) is 13.9. The number of aryl methyl sites for hydroxylation is 1. The van der Waals surface area contributed by atoms with E-state index in [0.29, 0.717) is 35.6 Å². The third-order valence-electron chi connectivity index (χ3n) is 5.15. The molecular formula is C23H26N2O4. The molecule has 1 heterocycles. The lowest BCUT2D eigenvalue weighted by molar-refractivity contribution is -0.136. The van der Waals surface area contributed by atoms with Crippen LogP contribution in [0.5, 0.6) is 11.5 Å². The van der Waals surface area contributed by atoms with E-state index in [1.54, 1.807) is 25.3 Å². The number of anilines is 1. The first kappa shape index (κ1) is 20.5. The summed E-state index contributed by atoms with van der Waals surface area (Å²) in [4.78, 5) is 27.5. The first-order valence-electron chi connectivity index (χ1n) is 9.59. The number of nitrogens with one attached hydrogen (secondary N) is 1. The molecule has 6 heteroatoms. The van der Waals surface area contributed by atoms with Crippen LogP contribution in [0.1, 0.15) is 30.0 Å². The number of imide groups is 1. The lowest BCUT2D eigenvalue weighted by atomic mass is 10.0. The highest BCUT2D eigenvalue weighted by Gasteiger charge is 2.39. The van der Waals surface area contributed by atoms with Gasteiger partial charge in [0, 0.05) is 12.2 Å². The van der Waals surface area contributed by atoms with Crippen LogP contribution < -0.4 is 14.8 Å². The molecule has 2 aromatic rings. The molecule has 0 atom stereocenters. The number of ether oxygens (including phenoxy) is 2. The monoisotopic (exact) mass is 394 g/mol. The number of rotatable bonds is 7. The largest absolute Gasteiger partial charge is 0.493 e. The first-order valence-corrected chi connectivity index (χ1v) is 9.59. The molecule has 2 aromatic carbocycles. The second-order valence-electron chi connectivity index (χ2n) is 6.95. The van der Waals surface area contributed by atoms with Crippen molar-refractivity contribution in [2.24, 2.45) is 0 Å². The van der Waals surface area contributed by atoms with Crippen molar-refractivity contribution in [3.63, 3.8) is 0 Å². The zero-order valence-corrected chi connectivity index (χ0v) is 17.5. The summed E-state index contributed by atoms with van der Waals surface area (Å²) in [5, 5.41) is 3.23. The van der Waals surface area contributed by atoms with Crippen molar-refractivity contribution in [2.45, 2.75) is 27.2 Å². The van der Waals surface area contributed by atoms with Gasteiger partial charge < -0.3 is 14.8 Å². The fourth-order valence-electron chi connectivity index (χ4n) is 3.40. The van der Waals surface area contributed by atoms with Crippen LogP contribution in [0.3, 0.4) is 0 Å². The third kappa shape index (κ3) is 3.70. The molecule has 1 aliphatic rings. The van der Waals surface area contributed by atoms with E-state index in [4.69, 9.17) is 9.47 Å². The predicted octanol–water partition coefficient (Wildman–Crippen LogP) is 3.92. The van der Waals surface area contributed by atoms with E-state index in [1.165, 1.54) is 12.0 Å². The lowest BCUT2D eigenvalue weighted by Gasteiger charge is -2.15. The van der Waals surface area contributed by atoms with Gasteiger partial charge in [-0.25, -0.2) is 0 Å². The predicted molar refractivity (Wildman–Crippen MR) is 113 cm³/mol. The summed E-state index contributed by atoms with van der Waals surface area (Å²) < 4.78 is 10.7. The van der Waals surface area contributed by atoms with Crippen molar-refractivity contribution in [1.29, 1.82) is 0 Å². The molecule has 0 radical (unpaired) electrons. The molecule has 29 heavy (non-hydrogen) atoms. The molecule has 0 bridgehead atoms. The maximum atomic E-state index is 13.1. The third-order valence-corrected chi connectivity index (χ3v) is 5.15. The van der Waals surface area contributed by atoms with Crippen LogP contribution in [0, 0.1) is 13.8 Å². The Balaban J connectivity index is 2.15. The van der Waals surface area contributed by atoms with Crippen LogP contribution in [-0.4, -0.2) is 37.5 Å². The summed E-state index contributed by atoms with van der Waals surface area (Å²) in [5.41, 5.74) is 4.16. The molecular weight excluding hydrogens is 368 g/mol. The average molecular weight is 394 g/mol. The van der Waals surface area contributed by atoms with Gasteiger partial charge in [-0.15, -0.1) is 0 Å². The van der Waals surface area contributed by atoms with Crippen LogP contribution in [0.15, 0.2) is 42.1 Å². The maximum absolute atomic E-state index is 13.1. The molecule has 1 N–H and O–H groups in total. The topological polar surface area (TPSA) is 67.9 Å². The van der Waals surface area contributed by atoms with E-state index in [0.717, 1.165) is 16.8 Å². The zero-order valence-electron chi connectivity index (χ0n) is 17.5. The Morgan fingerprint density at radius 1 is 0.966 bits per heavy atom. The fraction of sp³-hybridized carbons (Fsp3) is 0.304. The van der Waals surface area contributed by atoms with E-state index in [1.807, 2.05) is 39.0 Å². The minimum atomic E-state index is -0.317. The molecule has 152 valence electrons. The number of hydrogen-bond donors (Lipinski definition) is 1. The quantitative estimate of drug-likeness (QED) is 0.721. The second-order valence-corrected chi connectivity index (χ2v) is 6.95. The van der Waals surface area contributed by atoms with Crippen molar-refractivity contribution in [3.8, 4) is 11.5 Å².